The van der Waals surface area contributed by atoms with Crippen LogP contribution in [0.15, 0.2) is 0 Å². The molecule has 0 N–H and O–H groups in total. The Morgan fingerprint density at radius 2 is 1.88 bits per heavy atom. The molecule has 1 saturated heterocycles. The molecule has 1 aliphatic heterocycles. The molecule has 1 saturated carbocycles. The van der Waals surface area contributed by atoms with Gasteiger partial charge in [0.15, 0.2) is 0 Å². The summed E-state index contributed by atoms with van der Waals surface area (Å²) >= 11 is 0. The van der Waals surface area contributed by atoms with Gasteiger partial charge in [-0.05, 0) is 46.3 Å². The van der Waals surface area contributed by atoms with Crippen LogP contribution in [0.2, 0.25) is 0 Å². The Labute approximate surface area is 105 Å². The summed E-state index contributed by atoms with van der Waals surface area (Å²) in [6, 6.07) is 0.639. The number of piperidine rings is 1. The predicted octanol–water partition coefficient (Wildman–Crippen LogP) is 1.77. The maximum atomic E-state index is 12.1. The van der Waals surface area contributed by atoms with E-state index in [1.165, 1.54) is 25.7 Å². The van der Waals surface area contributed by atoms with E-state index < -0.39 is 0 Å². The van der Waals surface area contributed by atoms with Crippen LogP contribution >= 0.6 is 0 Å². The number of Topliss-reactive ketones (excluding diaryl/α,β-unsaturated/α-hetero) is 1. The van der Waals surface area contributed by atoms with Gasteiger partial charge in [-0.15, -0.1) is 0 Å². The second kappa shape index (κ2) is 5.96. The maximum absolute atomic E-state index is 12.1. The van der Waals surface area contributed by atoms with E-state index >= 15 is 0 Å². The highest BCUT2D eigenvalue weighted by Crippen LogP contribution is 2.26. The van der Waals surface area contributed by atoms with Gasteiger partial charge in [0, 0.05) is 18.5 Å². The van der Waals surface area contributed by atoms with E-state index in [-0.39, 0.29) is 0 Å². The lowest BCUT2D eigenvalue weighted by Crippen LogP contribution is -2.47. The molecule has 0 radical (unpaired) electrons. The molecule has 3 nitrogen and oxygen atoms in total. The fraction of sp³-hybridized carbons (Fsp3) is 0.929. The van der Waals surface area contributed by atoms with E-state index in [0.29, 0.717) is 24.3 Å². The van der Waals surface area contributed by atoms with Crippen molar-refractivity contribution in [3.63, 3.8) is 0 Å². The first-order valence-electron chi connectivity index (χ1n) is 7.08. The molecule has 1 heterocycles. The zero-order valence-electron chi connectivity index (χ0n) is 11.3. The van der Waals surface area contributed by atoms with Crippen LogP contribution in [0.4, 0.5) is 0 Å². The Morgan fingerprint density at radius 3 is 2.53 bits per heavy atom. The van der Waals surface area contributed by atoms with Crippen molar-refractivity contribution in [2.75, 3.05) is 33.7 Å². The number of rotatable bonds is 4. The number of ketones is 1. The zero-order chi connectivity index (χ0) is 12.3. The summed E-state index contributed by atoms with van der Waals surface area (Å²) in [4.78, 5) is 16.8. The molecular weight excluding hydrogens is 212 g/mol. The average Bonchev–Trinajstić information content (AvgIpc) is 2.82. The number of nitrogens with zero attached hydrogens (tertiary/aromatic N) is 2. The quantitative estimate of drug-likeness (QED) is 0.746. The van der Waals surface area contributed by atoms with Crippen LogP contribution in [-0.2, 0) is 4.79 Å². The molecule has 2 fully saturated rings. The molecule has 0 spiro atoms. The number of hydrogen-bond acceptors (Lipinski definition) is 3. The van der Waals surface area contributed by atoms with Gasteiger partial charge in [0.1, 0.15) is 5.78 Å². The van der Waals surface area contributed by atoms with Crippen molar-refractivity contribution in [3.8, 4) is 0 Å². The summed E-state index contributed by atoms with van der Waals surface area (Å²) in [5.41, 5.74) is 0. The summed E-state index contributed by atoms with van der Waals surface area (Å²) in [6.45, 7) is 2.89. The van der Waals surface area contributed by atoms with Crippen molar-refractivity contribution in [2.45, 2.75) is 44.6 Å². The van der Waals surface area contributed by atoms with Crippen LogP contribution < -0.4 is 0 Å². The van der Waals surface area contributed by atoms with Crippen LogP contribution in [-0.4, -0.2) is 55.4 Å². The van der Waals surface area contributed by atoms with Crippen molar-refractivity contribution in [1.29, 1.82) is 0 Å². The van der Waals surface area contributed by atoms with Crippen molar-refractivity contribution in [1.82, 2.24) is 9.80 Å². The van der Waals surface area contributed by atoms with E-state index in [1.54, 1.807) is 0 Å². The Kier molecular flexibility index (Phi) is 4.57. The normalized spacial score (nSPS) is 27.8. The molecule has 1 aliphatic carbocycles. The third kappa shape index (κ3) is 3.52. The number of likely N-dealkylation sites (N-methyl/N-ethyl adjacent to an activating group) is 1. The molecule has 0 aromatic carbocycles. The molecule has 0 aromatic rings. The molecule has 0 bridgehead atoms. The molecule has 2 rings (SSSR count). The van der Waals surface area contributed by atoms with Crippen molar-refractivity contribution >= 4 is 5.78 Å². The minimum Gasteiger partial charge on any atom is -0.305 e. The van der Waals surface area contributed by atoms with Gasteiger partial charge >= 0.3 is 0 Å². The molecule has 3 heteroatoms. The standard InChI is InChI=1S/C14H26N2O/c1-15(2)13-8-5-9-16(10-13)11-14(17)12-6-3-4-7-12/h12-13H,3-11H2,1-2H3. The van der Waals surface area contributed by atoms with E-state index in [4.69, 9.17) is 0 Å². The second-order valence-electron chi connectivity index (χ2n) is 5.94. The largest absolute Gasteiger partial charge is 0.305 e. The van der Waals surface area contributed by atoms with E-state index in [2.05, 4.69) is 23.9 Å². The Balaban J connectivity index is 1.79. The Morgan fingerprint density at radius 1 is 1.18 bits per heavy atom. The number of hydrogen-bond donors (Lipinski definition) is 0. The third-order valence-corrected chi connectivity index (χ3v) is 4.40. The van der Waals surface area contributed by atoms with Gasteiger partial charge in [-0.3, -0.25) is 9.69 Å². The monoisotopic (exact) mass is 238 g/mol. The van der Waals surface area contributed by atoms with Crippen LogP contribution in [0.1, 0.15) is 38.5 Å². The Bertz CT molecular complexity index is 259. The highest BCUT2D eigenvalue weighted by molar-refractivity contribution is 5.83. The maximum Gasteiger partial charge on any atom is 0.149 e. The summed E-state index contributed by atoms with van der Waals surface area (Å²) in [7, 11) is 4.29. The summed E-state index contributed by atoms with van der Waals surface area (Å²) in [6.07, 6.45) is 7.32. The van der Waals surface area contributed by atoms with Gasteiger partial charge in [-0.2, -0.15) is 0 Å². The van der Waals surface area contributed by atoms with Gasteiger partial charge in [-0.1, -0.05) is 12.8 Å². The predicted molar refractivity (Wildman–Crippen MR) is 70.1 cm³/mol. The lowest BCUT2D eigenvalue weighted by molar-refractivity contribution is -0.124. The average molecular weight is 238 g/mol. The van der Waals surface area contributed by atoms with Crippen molar-refractivity contribution in [3.05, 3.63) is 0 Å². The third-order valence-electron chi connectivity index (χ3n) is 4.40. The number of carbonyl (C=O) groups is 1. The molecule has 2 aliphatic rings. The van der Waals surface area contributed by atoms with Gasteiger partial charge in [-0.25, -0.2) is 0 Å². The number of carbonyl (C=O) groups excluding carboxylic acids is 1. The summed E-state index contributed by atoms with van der Waals surface area (Å²) in [5, 5.41) is 0. The highest BCUT2D eigenvalue weighted by atomic mass is 16.1. The van der Waals surface area contributed by atoms with Crippen LogP contribution in [0.5, 0.6) is 0 Å². The molecule has 98 valence electrons. The van der Waals surface area contributed by atoms with Gasteiger partial charge in [0.2, 0.25) is 0 Å². The zero-order valence-corrected chi connectivity index (χ0v) is 11.3. The number of likely N-dealkylation sites (tertiary alicyclic amines) is 1. The fourth-order valence-electron chi connectivity index (χ4n) is 3.19. The first-order valence-corrected chi connectivity index (χ1v) is 7.08. The fourth-order valence-corrected chi connectivity index (χ4v) is 3.19. The topological polar surface area (TPSA) is 23.6 Å². The van der Waals surface area contributed by atoms with Gasteiger partial charge in [0.05, 0.1) is 6.54 Å². The first kappa shape index (κ1) is 13.0. The van der Waals surface area contributed by atoms with E-state index in [1.807, 2.05) is 0 Å². The molecule has 0 amide bonds. The van der Waals surface area contributed by atoms with E-state index in [0.717, 1.165) is 25.9 Å². The Hall–Kier alpha value is -0.410. The van der Waals surface area contributed by atoms with Gasteiger partial charge in [0.25, 0.3) is 0 Å². The first-order chi connectivity index (χ1) is 8.16. The summed E-state index contributed by atoms with van der Waals surface area (Å²) < 4.78 is 0. The minimum atomic E-state index is 0.384. The van der Waals surface area contributed by atoms with Crippen LogP contribution in [0.25, 0.3) is 0 Å². The highest BCUT2D eigenvalue weighted by Gasteiger charge is 2.27. The minimum absolute atomic E-state index is 0.384. The van der Waals surface area contributed by atoms with Crippen LogP contribution in [0, 0.1) is 5.92 Å². The lowest BCUT2D eigenvalue weighted by Gasteiger charge is -2.36. The van der Waals surface area contributed by atoms with Crippen LogP contribution in [0.3, 0.4) is 0 Å². The molecular formula is C14H26N2O. The van der Waals surface area contributed by atoms with Crippen molar-refractivity contribution < 1.29 is 4.79 Å². The SMILES string of the molecule is CN(C)C1CCCN(CC(=O)C2CCCC2)C1. The molecule has 17 heavy (non-hydrogen) atoms. The molecule has 1 atom stereocenters. The van der Waals surface area contributed by atoms with Gasteiger partial charge < -0.3 is 4.90 Å². The second-order valence-corrected chi connectivity index (χ2v) is 5.94. The summed E-state index contributed by atoms with van der Waals surface area (Å²) in [5.74, 6) is 0.886. The van der Waals surface area contributed by atoms with E-state index in [9.17, 15) is 4.79 Å². The van der Waals surface area contributed by atoms with Crippen molar-refractivity contribution in [2.24, 2.45) is 5.92 Å². The lowest BCUT2D eigenvalue weighted by atomic mass is 10.00. The molecule has 0 aromatic heterocycles. The smallest absolute Gasteiger partial charge is 0.149 e. The molecule has 1 unspecified atom stereocenters.